The lowest BCUT2D eigenvalue weighted by molar-refractivity contribution is -0.140. The first-order valence-electron chi connectivity index (χ1n) is 11.9. The molecule has 1 aliphatic heterocycles. The number of nitrogens with one attached hydrogen (secondary N) is 1. The van der Waals surface area contributed by atoms with E-state index in [-0.39, 0.29) is 13.0 Å². The molecule has 0 bridgehead atoms. The lowest BCUT2D eigenvalue weighted by Gasteiger charge is -2.38. The van der Waals surface area contributed by atoms with Crippen LogP contribution in [0.2, 0.25) is 0 Å². The number of H-pyrrole nitrogens is 1. The highest BCUT2D eigenvalue weighted by Crippen LogP contribution is 2.37. The van der Waals surface area contributed by atoms with Crippen LogP contribution in [0.15, 0.2) is 65.8 Å². The Hall–Kier alpha value is -3.60. The molecule has 0 saturated carbocycles. The number of rotatable bonds is 5. The topological polar surface area (TPSA) is 82.2 Å². The molecule has 4 aromatic rings. The number of aromatic amines is 1. The maximum absolute atomic E-state index is 13.4. The number of anilines is 2. The molecule has 0 atom stereocenters. The van der Waals surface area contributed by atoms with Crippen LogP contribution in [0.5, 0.6) is 0 Å². The van der Waals surface area contributed by atoms with E-state index < -0.39 is 27.0 Å². The SMILES string of the molecule is C.CC(C)S(=O)(=O)c1cccc(N2CCN(c3ccnc4ccc(-c5cn[nH]c5C(F)(F)F)cc34)CC2)c1. The molecule has 0 unspecified atom stereocenters. The van der Waals surface area contributed by atoms with Crippen LogP contribution in [-0.4, -0.2) is 55.0 Å². The molecule has 0 aliphatic carbocycles. The van der Waals surface area contributed by atoms with E-state index in [0.29, 0.717) is 42.2 Å². The summed E-state index contributed by atoms with van der Waals surface area (Å²) in [4.78, 5) is 9.04. The van der Waals surface area contributed by atoms with Crippen LogP contribution in [0.25, 0.3) is 22.0 Å². The van der Waals surface area contributed by atoms with Crippen molar-refractivity contribution >= 4 is 32.1 Å². The highest BCUT2D eigenvalue weighted by molar-refractivity contribution is 7.92. The van der Waals surface area contributed by atoms with Crippen LogP contribution in [0, 0.1) is 0 Å². The molecule has 2 aromatic carbocycles. The summed E-state index contributed by atoms with van der Waals surface area (Å²) in [6, 6.07) is 14.0. The van der Waals surface area contributed by atoms with Gasteiger partial charge in [0.2, 0.25) is 0 Å². The molecular weight excluding hydrogens is 515 g/mol. The second-order valence-electron chi connectivity index (χ2n) is 9.28. The fraction of sp³-hybridized carbons (Fsp3) is 0.333. The molecule has 0 spiro atoms. The van der Waals surface area contributed by atoms with Gasteiger partial charge in [0, 0.05) is 54.7 Å². The molecule has 2 aromatic heterocycles. The number of sulfone groups is 1. The standard InChI is InChI=1S/C26H26F3N5O2S.CH4/c1-17(2)37(35,36)20-5-3-4-19(15-20)33-10-12-34(13-11-33)24-8-9-30-23-7-6-18(14-21(23)24)22-16-31-32-25(22)26(27,28)29;/h3-9,14-17H,10-13H2,1-2H3,(H,31,32);1H4. The average Bonchev–Trinajstić information content (AvgIpc) is 3.39. The Bertz CT molecular complexity index is 1540. The number of piperazine rings is 1. The molecule has 0 radical (unpaired) electrons. The molecule has 11 heteroatoms. The van der Waals surface area contributed by atoms with E-state index in [4.69, 9.17) is 0 Å². The minimum Gasteiger partial charge on any atom is -0.368 e. The van der Waals surface area contributed by atoms with Gasteiger partial charge in [0.05, 0.1) is 21.9 Å². The Labute approximate surface area is 220 Å². The van der Waals surface area contributed by atoms with Gasteiger partial charge in [0.25, 0.3) is 0 Å². The zero-order chi connectivity index (χ0) is 26.4. The van der Waals surface area contributed by atoms with Crippen molar-refractivity contribution in [1.29, 1.82) is 0 Å². The summed E-state index contributed by atoms with van der Waals surface area (Å²) in [6.07, 6.45) is -1.66. The zero-order valence-electron chi connectivity index (χ0n) is 20.3. The summed E-state index contributed by atoms with van der Waals surface area (Å²) in [7, 11) is -3.37. The number of alkyl halides is 3. The van der Waals surface area contributed by atoms with Crippen molar-refractivity contribution in [2.24, 2.45) is 0 Å². The molecule has 202 valence electrons. The van der Waals surface area contributed by atoms with Gasteiger partial charge in [-0.2, -0.15) is 18.3 Å². The molecule has 38 heavy (non-hydrogen) atoms. The Balaban J connectivity index is 0.00000336. The number of benzene rings is 2. The number of halogens is 3. The van der Waals surface area contributed by atoms with Gasteiger partial charge in [-0.15, -0.1) is 0 Å². The number of pyridine rings is 1. The highest BCUT2D eigenvalue weighted by Gasteiger charge is 2.36. The van der Waals surface area contributed by atoms with Crippen molar-refractivity contribution < 1.29 is 21.6 Å². The Morgan fingerprint density at radius 1 is 0.974 bits per heavy atom. The molecule has 0 amide bonds. The minimum atomic E-state index is -4.54. The first-order chi connectivity index (χ1) is 17.6. The normalized spacial score (nSPS) is 14.7. The highest BCUT2D eigenvalue weighted by atomic mass is 32.2. The van der Waals surface area contributed by atoms with Crippen LogP contribution in [0.1, 0.15) is 27.0 Å². The van der Waals surface area contributed by atoms with E-state index in [0.717, 1.165) is 16.8 Å². The first kappa shape index (κ1) is 27.4. The molecule has 5 rings (SSSR count). The first-order valence-corrected chi connectivity index (χ1v) is 13.4. The van der Waals surface area contributed by atoms with E-state index >= 15 is 0 Å². The van der Waals surface area contributed by atoms with Crippen LogP contribution in [0.4, 0.5) is 24.5 Å². The maximum atomic E-state index is 13.4. The number of hydrogen-bond acceptors (Lipinski definition) is 6. The summed E-state index contributed by atoms with van der Waals surface area (Å²) in [5, 5.41) is 5.93. The summed E-state index contributed by atoms with van der Waals surface area (Å²) >= 11 is 0. The van der Waals surface area contributed by atoms with E-state index in [2.05, 4.69) is 25.0 Å². The second kappa shape index (κ2) is 10.3. The third kappa shape index (κ3) is 5.07. The zero-order valence-corrected chi connectivity index (χ0v) is 21.1. The molecule has 1 aliphatic rings. The van der Waals surface area contributed by atoms with Gasteiger partial charge in [0.1, 0.15) is 5.69 Å². The summed E-state index contributed by atoms with van der Waals surface area (Å²) in [5.41, 5.74) is 1.94. The van der Waals surface area contributed by atoms with E-state index in [1.165, 1.54) is 6.20 Å². The summed E-state index contributed by atoms with van der Waals surface area (Å²) in [5.74, 6) is 0. The van der Waals surface area contributed by atoms with Gasteiger partial charge >= 0.3 is 6.18 Å². The Kier molecular flexibility index (Phi) is 7.42. The maximum Gasteiger partial charge on any atom is 0.433 e. The predicted octanol–water partition coefficient (Wildman–Crippen LogP) is 5.79. The van der Waals surface area contributed by atoms with Crippen molar-refractivity contribution in [3.63, 3.8) is 0 Å². The van der Waals surface area contributed by atoms with Gasteiger partial charge in [-0.1, -0.05) is 19.6 Å². The van der Waals surface area contributed by atoms with Crippen LogP contribution in [0.3, 0.4) is 0 Å². The van der Waals surface area contributed by atoms with Crippen LogP contribution in [-0.2, 0) is 16.0 Å². The molecule has 1 N–H and O–H groups in total. The molecular formula is C27H30F3N5O2S. The number of fused-ring (bicyclic) bond motifs is 1. The lowest BCUT2D eigenvalue weighted by atomic mass is 10.0. The fourth-order valence-corrected chi connectivity index (χ4v) is 5.73. The van der Waals surface area contributed by atoms with E-state index in [1.54, 1.807) is 56.4 Å². The minimum absolute atomic E-state index is 0. The molecule has 1 saturated heterocycles. The second-order valence-corrected chi connectivity index (χ2v) is 11.8. The monoisotopic (exact) mass is 545 g/mol. The van der Waals surface area contributed by atoms with E-state index in [9.17, 15) is 21.6 Å². The Morgan fingerprint density at radius 3 is 2.37 bits per heavy atom. The van der Waals surface area contributed by atoms with Crippen LogP contribution >= 0.6 is 0 Å². The lowest BCUT2D eigenvalue weighted by Crippen LogP contribution is -2.46. The fourth-order valence-electron chi connectivity index (χ4n) is 4.63. The van der Waals surface area contributed by atoms with Crippen molar-refractivity contribution in [1.82, 2.24) is 15.2 Å². The number of hydrogen-bond donors (Lipinski definition) is 1. The van der Waals surface area contributed by atoms with Gasteiger partial charge < -0.3 is 9.80 Å². The summed E-state index contributed by atoms with van der Waals surface area (Å²) in [6.45, 7) is 5.97. The number of aromatic nitrogens is 3. The third-order valence-electron chi connectivity index (χ3n) is 6.70. The van der Waals surface area contributed by atoms with Gasteiger partial charge in [-0.25, -0.2) is 8.42 Å². The predicted molar refractivity (Wildman–Crippen MR) is 144 cm³/mol. The van der Waals surface area contributed by atoms with Crippen molar-refractivity contribution in [2.45, 2.75) is 37.6 Å². The molecule has 7 nitrogen and oxygen atoms in total. The van der Waals surface area contributed by atoms with Gasteiger partial charge in [-0.05, 0) is 55.8 Å². The molecule has 3 heterocycles. The molecule has 1 fully saturated rings. The Morgan fingerprint density at radius 2 is 1.68 bits per heavy atom. The quantitative estimate of drug-likeness (QED) is 0.342. The van der Waals surface area contributed by atoms with E-state index in [1.807, 2.05) is 12.1 Å². The largest absolute Gasteiger partial charge is 0.433 e. The third-order valence-corrected chi connectivity index (χ3v) is 8.86. The van der Waals surface area contributed by atoms with Gasteiger partial charge in [0.15, 0.2) is 9.84 Å². The smallest absolute Gasteiger partial charge is 0.368 e. The number of nitrogens with zero attached hydrogens (tertiary/aromatic N) is 4. The summed E-state index contributed by atoms with van der Waals surface area (Å²) < 4.78 is 65.5. The van der Waals surface area contributed by atoms with Gasteiger partial charge in [-0.3, -0.25) is 10.1 Å². The van der Waals surface area contributed by atoms with Crippen molar-refractivity contribution in [3.8, 4) is 11.1 Å². The van der Waals surface area contributed by atoms with Crippen molar-refractivity contribution in [3.05, 3.63) is 66.6 Å². The van der Waals surface area contributed by atoms with Crippen molar-refractivity contribution in [2.75, 3.05) is 36.0 Å². The average molecular weight is 546 g/mol. The van der Waals surface area contributed by atoms with Crippen LogP contribution < -0.4 is 9.80 Å².